The van der Waals surface area contributed by atoms with E-state index in [1.165, 1.54) is 0 Å². The fourth-order valence-corrected chi connectivity index (χ4v) is 4.17. The van der Waals surface area contributed by atoms with Gasteiger partial charge < -0.3 is 18.8 Å². The molecule has 4 aromatic rings. The highest BCUT2D eigenvalue weighted by atomic mass is 32.1. The zero-order chi connectivity index (χ0) is 20.3. The summed E-state index contributed by atoms with van der Waals surface area (Å²) in [5, 5.41) is 2.42. The normalized spacial score (nSPS) is 14.2. The van der Waals surface area contributed by atoms with Gasteiger partial charge >= 0.3 is 6.01 Å². The molecular formula is C22H19N3O4S. The summed E-state index contributed by atoms with van der Waals surface area (Å²) in [6, 6.07) is 13.5. The Kier molecular flexibility index (Phi) is 5.17. The number of fused-ring (bicyclic) bond motifs is 1. The van der Waals surface area contributed by atoms with Crippen molar-refractivity contribution >= 4 is 28.3 Å². The zero-order valence-electron chi connectivity index (χ0n) is 16.1. The minimum absolute atomic E-state index is 0.313. The van der Waals surface area contributed by atoms with Crippen LogP contribution in [0.25, 0.3) is 21.4 Å². The highest BCUT2D eigenvalue weighted by Crippen LogP contribution is 2.39. The van der Waals surface area contributed by atoms with Crippen molar-refractivity contribution in [3.05, 3.63) is 70.1 Å². The maximum absolute atomic E-state index is 12.8. The lowest BCUT2D eigenvalue weighted by atomic mass is 10.1. The Balaban J connectivity index is 1.63. The average molecular weight is 421 g/mol. The van der Waals surface area contributed by atoms with E-state index in [-0.39, 0.29) is 5.56 Å². The first kappa shape index (κ1) is 18.8. The number of morpholine rings is 1. The first-order valence-electron chi connectivity index (χ1n) is 9.67. The lowest BCUT2D eigenvalue weighted by Gasteiger charge is -2.26. The second-order valence-electron chi connectivity index (χ2n) is 6.80. The van der Waals surface area contributed by atoms with Crippen LogP contribution in [0.1, 0.15) is 5.69 Å². The van der Waals surface area contributed by atoms with E-state index in [9.17, 15) is 4.79 Å². The van der Waals surface area contributed by atoms with E-state index in [2.05, 4.69) is 9.97 Å². The van der Waals surface area contributed by atoms with Gasteiger partial charge in [-0.3, -0.25) is 9.78 Å². The molecule has 1 aliphatic rings. The Morgan fingerprint density at radius 3 is 2.77 bits per heavy atom. The summed E-state index contributed by atoms with van der Waals surface area (Å²) in [7, 11) is 0. The van der Waals surface area contributed by atoms with Gasteiger partial charge in [0.25, 0.3) is 5.56 Å². The number of anilines is 1. The van der Waals surface area contributed by atoms with Crippen LogP contribution < -0.4 is 15.2 Å². The van der Waals surface area contributed by atoms with Crippen LogP contribution in [0.4, 0.5) is 6.01 Å². The summed E-state index contributed by atoms with van der Waals surface area (Å²) in [6.45, 7) is 2.73. The summed E-state index contributed by atoms with van der Waals surface area (Å²) < 4.78 is 17.7. The fraction of sp³-hybridized carbons (Fsp3) is 0.227. The largest absolute Gasteiger partial charge is 0.486 e. The number of ether oxygens (including phenoxy) is 2. The number of benzene rings is 1. The van der Waals surface area contributed by atoms with Crippen molar-refractivity contribution in [1.82, 2.24) is 9.97 Å². The molecule has 0 radical (unpaired) electrons. The maximum atomic E-state index is 12.8. The molecule has 1 aromatic carbocycles. The summed E-state index contributed by atoms with van der Waals surface area (Å²) in [4.78, 5) is 24.2. The van der Waals surface area contributed by atoms with Crippen LogP contribution >= 0.6 is 11.3 Å². The number of thiophene rings is 1. The third-order valence-electron chi connectivity index (χ3n) is 4.89. The van der Waals surface area contributed by atoms with E-state index in [0.29, 0.717) is 55.6 Å². The number of hydrogen-bond donors (Lipinski definition) is 0. The van der Waals surface area contributed by atoms with E-state index in [4.69, 9.17) is 13.9 Å². The number of aromatic nitrogens is 2. The molecule has 1 saturated heterocycles. The van der Waals surface area contributed by atoms with Gasteiger partial charge in [0.2, 0.25) is 0 Å². The standard InChI is InChI=1S/C22H19N3O4S/c26-21-16-6-7-17(28-14-15-4-1-2-8-23-15)19(18-5-3-13-30-18)20(16)29-22(24-21)25-9-11-27-12-10-25/h1-8,13H,9-12,14H2. The predicted octanol–water partition coefficient (Wildman–Crippen LogP) is 3.73. The third kappa shape index (κ3) is 3.67. The van der Waals surface area contributed by atoms with E-state index in [0.717, 1.165) is 16.1 Å². The van der Waals surface area contributed by atoms with E-state index < -0.39 is 0 Å². The monoisotopic (exact) mass is 421 g/mol. The molecule has 1 fully saturated rings. The molecule has 1 aliphatic heterocycles. The quantitative estimate of drug-likeness (QED) is 0.486. The van der Waals surface area contributed by atoms with E-state index in [1.54, 1.807) is 29.7 Å². The first-order chi connectivity index (χ1) is 14.8. The molecule has 0 spiro atoms. The Labute approximate surface area is 176 Å². The van der Waals surface area contributed by atoms with Crippen LogP contribution in [-0.2, 0) is 11.3 Å². The van der Waals surface area contributed by atoms with Crippen LogP contribution in [0, 0.1) is 0 Å². The molecule has 0 bridgehead atoms. The highest BCUT2D eigenvalue weighted by molar-refractivity contribution is 7.13. The Bertz CT molecular complexity index is 1200. The zero-order valence-corrected chi connectivity index (χ0v) is 16.9. The van der Waals surface area contributed by atoms with Gasteiger partial charge in [0, 0.05) is 24.2 Å². The number of rotatable bonds is 5. The van der Waals surface area contributed by atoms with Gasteiger partial charge in [-0.25, -0.2) is 0 Å². The lowest BCUT2D eigenvalue weighted by Crippen LogP contribution is -2.37. The van der Waals surface area contributed by atoms with Crippen molar-refractivity contribution in [1.29, 1.82) is 0 Å². The summed E-state index contributed by atoms with van der Waals surface area (Å²) in [6.07, 6.45) is 1.73. The fourth-order valence-electron chi connectivity index (χ4n) is 3.40. The second-order valence-corrected chi connectivity index (χ2v) is 7.75. The molecule has 0 N–H and O–H groups in total. The molecule has 0 unspecified atom stereocenters. The Hall–Kier alpha value is -3.23. The molecular weight excluding hydrogens is 402 g/mol. The molecule has 0 atom stereocenters. The molecule has 5 rings (SSSR count). The number of pyridine rings is 1. The summed E-state index contributed by atoms with van der Waals surface area (Å²) in [5.41, 5.74) is 1.75. The van der Waals surface area contributed by atoms with Gasteiger partial charge in [-0.15, -0.1) is 11.3 Å². The molecule has 152 valence electrons. The number of hydrogen-bond acceptors (Lipinski definition) is 8. The minimum atomic E-state index is -0.313. The lowest BCUT2D eigenvalue weighted by molar-refractivity contribution is 0.120. The van der Waals surface area contributed by atoms with Gasteiger partial charge in [-0.05, 0) is 35.7 Å². The van der Waals surface area contributed by atoms with Crippen molar-refractivity contribution in [2.75, 3.05) is 31.2 Å². The molecule has 3 aromatic heterocycles. The van der Waals surface area contributed by atoms with Crippen molar-refractivity contribution < 1.29 is 13.9 Å². The molecule has 0 aliphatic carbocycles. The van der Waals surface area contributed by atoms with Crippen molar-refractivity contribution in [3.8, 4) is 16.2 Å². The second kappa shape index (κ2) is 8.25. The van der Waals surface area contributed by atoms with Crippen molar-refractivity contribution in [2.24, 2.45) is 0 Å². The van der Waals surface area contributed by atoms with Crippen LogP contribution in [0.2, 0.25) is 0 Å². The molecule has 8 heteroatoms. The van der Waals surface area contributed by atoms with Crippen molar-refractivity contribution in [3.63, 3.8) is 0 Å². The van der Waals surface area contributed by atoms with Gasteiger partial charge in [-0.2, -0.15) is 4.98 Å². The SMILES string of the molecule is O=c1nc(N2CCOCC2)oc2c(-c3cccs3)c(OCc3ccccn3)ccc12. The van der Waals surface area contributed by atoms with E-state index in [1.807, 2.05) is 40.6 Å². The summed E-state index contributed by atoms with van der Waals surface area (Å²) in [5.74, 6) is 0.637. The topological polar surface area (TPSA) is 77.7 Å². The van der Waals surface area contributed by atoms with Gasteiger partial charge in [-0.1, -0.05) is 12.1 Å². The van der Waals surface area contributed by atoms with Crippen LogP contribution in [0.3, 0.4) is 0 Å². The third-order valence-corrected chi connectivity index (χ3v) is 5.78. The maximum Gasteiger partial charge on any atom is 0.301 e. The van der Waals surface area contributed by atoms with Crippen LogP contribution in [-0.4, -0.2) is 36.3 Å². The van der Waals surface area contributed by atoms with Gasteiger partial charge in [0.1, 0.15) is 12.4 Å². The molecule has 4 heterocycles. The van der Waals surface area contributed by atoms with E-state index >= 15 is 0 Å². The molecule has 7 nitrogen and oxygen atoms in total. The molecule has 0 saturated carbocycles. The Morgan fingerprint density at radius 2 is 2.00 bits per heavy atom. The van der Waals surface area contributed by atoms with Crippen LogP contribution in [0.15, 0.2) is 63.3 Å². The van der Waals surface area contributed by atoms with Crippen LogP contribution in [0.5, 0.6) is 5.75 Å². The highest BCUT2D eigenvalue weighted by Gasteiger charge is 2.21. The average Bonchev–Trinajstić information content (AvgIpc) is 3.33. The first-order valence-corrected chi connectivity index (χ1v) is 10.5. The minimum Gasteiger partial charge on any atom is -0.486 e. The van der Waals surface area contributed by atoms with Gasteiger partial charge in [0.15, 0.2) is 5.58 Å². The predicted molar refractivity (Wildman–Crippen MR) is 115 cm³/mol. The number of nitrogens with zero attached hydrogens (tertiary/aromatic N) is 3. The smallest absolute Gasteiger partial charge is 0.301 e. The van der Waals surface area contributed by atoms with Gasteiger partial charge in [0.05, 0.1) is 29.9 Å². The summed E-state index contributed by atoms with van der Waals surface area (Å²) >= 11 is 1.56. The molecule has 30 heavy (non-hydrogen) atoms. The Morgan fingerprint density at radius 1 is 1.10 bits per heavy atom. The molecule has 0 amide bonds. The van der Waals surface area contributed by atoms with Crippen molar-refractivity contribution in [2.45, 2.75) is 6.61 Å².